The highest BCUT2D eigenvalue weighted by Crippen LogP contribution is 2.42. The Morgan fingerprint density at radius 2 is 1.95 bits per heavy atom. The van der Waals surface area contributed by atoms with Gasteiger partial charge in [0.25, 0.3) is 0 Å². The van der Waals surface area contributed by atoms with E-state index in [-0.39, 0.29) is 23.8 Å². The van der Waals surface area contributed by atoms with Crippen LogP contribution in [0.4, 0.5) is 0 Å². The van der Waals surface area contributed by atoms with Gasteiger partial charge in [-0.3, -0.25) is 9.59 Å². The van der Waals surface area contributed by atoms with Gasteiger partial charge in [0.05, 0.1) is 6.42 Å². The number of rotatable bonds is 7. The average Bonchev–Trinajstić information content (AvgIpc) is 2.37. The van der Waals surface area contributed by atoms with E-state index in [1.165, 1.54) is 0 Å². The number of carboxylic acid groups (broad SMARTS) is 1. The minimum Gasteiger partial charge on any atom is -0.481 e. The smallest absolute Gasteiger partial charge is 0.303 e. The van der Waals surface area contributed by atoms with E-state index >= 15 is 0 Å². The molecular weight excluding hydrogens is 254 g/mol. The molecule has 1 aliphatic rings. The zero-order valence-electron chi connectivity index (χ0n) is 12.3. The summed E-state index contributed by atoms with van der Waals surface area (Å²) in [6.07, 6.45) is 11.8. The molecule has 0 heterocycles. The Bertz CT molecular complexity index is 378. The third-order valence-corrected chi connectivity index (χ3v) is 4.20. The van der Waals surface area contributed by atoms with Crippen LogP contribution in [0.2, 0.25) is 0 Å². The SMILES string of the molecule is C#CCC(CC)NC(=O)CC1(CC(=O)O)CCCCC1. The summed E-state index contributed by atoms with van der Waals surface area (Å²) in [6.45, 7) is 1.98. The van der Waals surface area contributed by atoms with E-state index in [1.807, 2.05) is 6.92 Å². The molecule has 4 heteroatoms. The van der Waals surface area contributed by atoms with Gasteiger partial charge in [-0.2, -0.15) is 0 Å². The number of hydrogen-bond donors (Lipinski definition) is 2. The molecule has 0 saturated heterocycles. The van der Waals surface area contributed by atoms with Gasteiger partial charge in [-0.05, 0) is 24.7 Å². The Balaban J connectivity index is 2.62. The van der Waals surface area contributed by atoms with Crippen molar-refractivity contribution < 1.29 is 14.7 Å². The van der Waals surface area contributed by atoms with Crippen molar-refractivity contribution in [1.82, 2.24) is 5.32 Å². The minimum atomic E-state index is -0.810. The maximum absolute atomic E-state index is 12.2. The van der Waals surface area contributed by atoms with Gasteiger partial charge >= 0.3 is 5.97 Å². The molecule has 0 aromatic rings. The maximum Gasteiger partial charge on any atom is 0.303 e. The van der Waals surface area contributed by atoms with E-state index in [0.29, 0.717) is 12.8 Å². The topological polar surface area (TPSA) is 66.4 Å². The van der Waals surface area contributed by atoms with Gasteiger partial charge in [-0.1, -0.05) is 26.2 Å². The van der Waals surface area contributed by atoms with Crippen LogP contribution in [-0.4, -0.2) is 23.0 Å². The predicted molar refractivity (Wildman–Crippen MR) is 78.1 cm³/mol. The van der Waals surface area contributed by atoms with Crippen molar-refractivity contribution in [2.24, 2.45) is 5.41 Å². The number of nitrogens with one attached hydrogen (secondary N) is 1. The highest BCUT2D eigenvalue weighted by atomic mass is 16.4. The van der Waals surface area contributed by atoms with Crippen LogP contribution in [-0.2, 0) is 9.59 Å². The summed E-state index contributed by atoms with van der Waals surface area (Å²) < 4.78 is 0. The van der Waals surface area contributed by atoms with Crippen molar-refractivity contribution in [1.29, 1.82) is 0 Å². The molecule has 112 valence electrons. The molecule has 1 rings (SSSR count). The lowest BCUT2D eigenvalue weighted by Crippen LogP contribution is -2.39. The molecule has 1 unspecified atom stereocenters. The number of amides is 1. The second kappa shape index (κ2) is 7.94. The predicted octanol–water partition coefficient (Wildman–Crippen LogP) is 2.72. The molecular formula is C16H25NO3. The van der Waals surface area contributed by atoms with Crippen molar-refractivity contribution in [2.75, 3.05) is 0 Å². The first-order valence-electron chi connectivity index (χ1n) is 7.46. The van der Waals surface area contributed by atoms with E-state index in [4.69, 9.17) is 11.5 Å². The highest BCUT2D eigenvalue weighted by Gasteiger charge is 2.36. The first-order chi connectivity index (χ1) is 9.51. The summed E-state index contributed by atoms with van der Waals surface area (Å²) in [7, 11) is 0. The van der Waals surface area contributed by atoms with Crippen molar-refractivity contribution >= 4 is 11.9 Å². The fraction of sp³-hybridized carbons (Fsp3) is 0.750. The number of terminal acetylenes is 1. The lowest BCUT2D eigenvalue weighted by atomic mass is 9.69. The van der Waals surface area contributed by atoms with Gasteiger partial charge in [0.1, 0.15) is 0 Å². The number of carbonyl (C=O) groups excluding carboxylic acids is 1. The Hall–Kier alpha value is -1.50. The van der Waals surface area contributed by atoms with Crippen LogP contribution in [0.5, 0.6) is 0 Å². The van der Waals surface area contributed by atoms with Crippen LogP contribution in [0.15, 0.2) is 0 Å². The minimum absolute atomic E-state index is 0.00188. The van der Waals surface area contributed by atoms with E-state index < -0.39 is 5.97 Å². The summed E-state index contributed by atoms with van der Waals surface area (Å²) in [5.41, 5.74) is -0.359. The second-order valence-electron chi connectivity index (χ2n) is 5.89. The van der Waals surface area contributed by atoms with Crippen LogP contribution in [0, 0.1) is 17.8 Å². The van der Waals surface area contributed by atoms with Crippen LogP contribution in [0.3, 0.4) is 0 Å². The maximum atomic E-state index is 12.2. The van der Waals surface area contributed by atoms with Crippen molar-refractivity contribution in [2.45, 2.75) is 70.8 Å². The molecule has 0 bridgehead atoms. The standard InChI is InChI=1S/C16H25NO3/c1-3-8-13(4-2)17-14(18)11-16(12-15(19)20)9-6-5-7-10-16/h1,13H,4-12H2,2H3,(H,17,18)(H,19,20). The average molecular weight is 279 g/mol. The Labute approximate surface area is 121 Å². The third kappa shape index (κ3) is 5.24. The highest BCUT2D eigenvalue weighted by molar-refractivity contribution is 5.78. The normalized spacial score (nSPS) is 18.8. The van der Waals surface area contributed by atoms with Crippen molar-refractivity contribution in [3.63, 3.8) is 0 Å². The molecule has 1 aliphatic carbocycles. The van der Waals surface area contributed by atoms with E-state index in [1.54, 1.807) is 0 Å². The lowest BCUT2D eigenvalue weighted by molar-refractivity contribution is -0.141. The molecule has 1 amide bonds. The zero-order chi connectivity index (χ0) is 15.0. The second-order valence-corrected chi connectivity index (χ2v) is 5.89. The van der Waals surface area contributed by atoms with E-state index in [0.717, 1.165) is 38.5 Å². The number of carboxylic acids is 1. The summed E-state index contributed by atoms with van der Waals surface area (Å²) in [5, 5.41) is 12.0. The molecule has 0 aromatic heterocycles. The third-order valence-electron chi connectivity index (χ3n) is 4.20. The zero-order valence-corrected chi connectivity index (χ0v) is 12.3. The van der Waals surface area contributed by atoms with Gasteiger partial charge in [0.15, 0.2) is 0 Å². The van der Waals surface area contributed by atoms with Gasteiger partial charge in [0.2, 0.25) is 5.91 Å². The fourth-order valence-electron chi connectivity index (χ4n) is 3.10. The molecule has 2 N–H and O–H groups in total. The largest absolute Gasteiger partial charge is 0.481 e. The van der Waals surface area contributed by atoms with Crippen molar-refractivity contribution in [3.05, 3.63) is 0 Å². The summed E-state index contributed by atoms with van der Waals surface area (Å²) in [5.74, 6) is 1.69. The summed E-state index contributed by atoms with van der Waals surface area (Å²) >= 11 is 0. The van der Waals surface area contributed by atoms with Gasteiger partial charge in [0, 0.05) is 18.9 Å². The Kier molecular flexibility index (Phi) is 6.57. The van der Waals surface area contributed by atoms with Crippen LogP contribution in [0.1, 0.15) is 64.7 Å². The quantitative estimate of drug-likeness (QED) is 0.704. The van der Waals surface area contributed by atoms with E-state index in [2.05, 4.69) is 11.2 Å². The summed E-state index contributed by atoms with van der Waals surface area (Å²) in [6, 6.07) is -0.00188. The molecule has 0 aliphatic heterocycles. The van der Waals surface area contributed by atoms with E-state index in [9.17, 15) is 9.59 Å². The molecule has 1 fully saturated rings. The lowest BCUT2D eigenvalue weighted by Gasteiger charge is -2.36. The molecule has 1 saturated carbocycles. The first kappa shape index (κ1) is 16.6. The number of hydrogen-bond acceptors (Lipinski definition) is 2. The molecule has 4 nitrogen and oxygen atoms in total. The van der Waals surface area contributed by atoms with Crippen molar-refractivity contribution in [3.8, 4) is 12.3 Å². The van der Waals surface area contributed by atoms with Gasteiger partial charge < -0.3 is 10.4 Å². The monoisotopic (exact) mass is 279 g/mol. The summed E-state index contributed by atoms with van der Waals surface area (Å²) in [4.78, 5) is 23.2. The molecule has 1 atom stereocenters. The molecule has 0 spiro atoms. The number of carbonyl (C=O) groups is 2. The molecule has 0 aromatic carbocycles. The van der Waals surface area contributed by atoms with Crippen LogP contribution >= 0.6 is 0 Å². The van der Waals surface area contributed by atoms with Gasteiger partial charge in [-0.25, -0.2) is 0 Å². The first-order valence-corrected chi connectivity index (χ1v) is 7.46. The van der Waals surface area contributed by atoms with Crippen LogP contribution in [0.25, 0.3) is 0 Å². The van der Waals surface area contributed by atoms with Crippen LogP contribution < -0.4 is 5.32 Å². The Morgan fingerprint density at radius 1 is 1.30 bits per heavy atom. The fourth-order valence-corrected chi connectivity index (χ4v) is 3.10. The number of aliphatic carboxylic acids is 1. The molecule has 0 radical (unpaired) electrons. The molecule has 20 heavy (non-hydrogen) atoms. The Morgan fingerprint density at radius 3 is 2.45 bits per heavy atom. The van der Waals surface area contributed by atoms with Gasteiger partial charge in [-0.15, -0.1) is 12.3 Å².